The van der Waals surface area contributed by atoms with E-state index in [0.29, 0.717) is 5.75 Å². The minimum absolute atomic E-state index is 0.250. The van der Waals surface area contributed by atoms with Crippen LogP contribution < -0.4 is 4.74 Å². The Bertz CT molecular complexity index is 599. The van der Waals surface area contributed by atoms with Crippen LogP contribution in [-0.2, 0) is 14.3 Å². The predicted octanol–water partition coefficient (Wildman–Crippen LogP) is 2.70. The summed E-state index contributed by atoms with van der Waals surface area (Å²) in [6, 6.07) is 13.0. The first-order valence-corrected chi connectivity index (χ1v) is 6.04. The summed E-state index contributed by atoms with van der Waals surface area (Å²) in [5, 5.41) is 1.81. The molecular formula is C15H14O4. The van der Waals surface area contributed by atoms with Crippen LogP contribution >= 0.6 is 0 Å². The second-order valence-electron chi connectivity index (χ2n) is 3.93. The summed E-state index contributed by atoms with van der Waals surface area (Å²) >= 11 is 0. The van der Waals surface area contributed by atoms with Crippen molar-refractivity contribution >= 4 is 22.7 Å². The van der Waals surface area contributed by atoms with Crippen molar-refractivity contribution in [1.82, 2.24) is 0 Å². The van der Waals surface area contributed by atoms with Gasteiger partial charge in [-0.1, -0.05) is 36.4 Å². The Balaban J connectivity index is 2.13. The maximum Gasteiger partial charge on any atom is 0.322 e. The molecule has 0 N–H and O–H groups in total. The van der Waals surface area contributed by atoms with Crippen LogP contribution in [0.15, 0.2) is 42.5 Å². The molecule has 0 aromatic heterocycles. The van der Waals surface area contributed by atoms with Crippen LogP contribution in [0.4, 0.5) is 0 Å². The molecule has 0 aliphatic carbocycles. The quantitative estimate of drug-likeness (QED) is 0.480. The average molecular weight is 258 g/mol. The maximum atomic E-state index is 11.6. The number of hydrogen-bond donors (Lipinski definition) is 0. The van der Waals surface area contributed by atoms with Crippen molar-refractivity contribution in [2.24, 2.45) is 0 Å². The van der Waals surface area contributed by atoms with Crippen LogP contribution in [-0.4, -0.2) is 18.5 Å². The van der Waals surface area contributed by atoms with Gasteiger partial charge in [0.25, 0.3) is 0 Å². The van der Waals surface area contributed by atoms with Gasteiger partial charge in [0, 0.05) is 5.39 Å². The molecule has 0 atom stereocenters. The largest absolute Gasteiger partial charge is 0.466 e. The third-order valence-electron chi connectivity index (χ3n) is 2.57. The Labute approximate surface area is 110 Å². The van der Waals surface area contributed by atoms with Crippen molar-refractivity contribution in [2.45, 2.75) is 13.3 Å². The summed E-state index contributed by atoms with van der Waals surface area (Å²) in [6.45, 7) is 1.94. The topological polar surface area (TPSA) is 52.6 Å². The summed E-state index contributed by atoms with van der Waals surface area (Å²) in [6.07, 6.45) is -0.378. The van der Waals surface area contributed by atoms with Gasteiger partial charge in [0.05, 0.1) is 6.61 Å². The number of carbonyl (C=O) groups is 2. The molecular weight excluding hydrogens is 244 g/mol. The number of carbonyl (C=O) groups excluding carboxylic acids is 2. The molecule has 0 saturated carbocycles. The van der Waals surface area contributed by atoms with Gasteiger partial charge in [-0.3, -0.25) is 9.59 Å². The number of ether oxygens (including phenoxy) is 2. The van der Waals surface area contributed by atoms with Gasteiger partial charge >= 0.3 is 11.9 Å². The van der Waals surface area contributed by atoms with Crippen molar-refractivity contribution in [3.05, 3.63) is 42.5 Å². The molecule has 0 saturated heterocycles. The van der Waals surface area contributed by atoms with Crippen molar-refractivity contribution in [3.63, 3.8) is 0 Å². The second kappa shape index (κ2) is 6.00. The average Bonchev–Trinajstić information content (AvgIpc) is 2.39. The lowest BCUT2D eigenvalue weighted by atomic mass is 10.1. The Morgan fingerprint density at radius 3 is 2.53 bits per heavy atom. The first kappa shape index (κ1) is 13.1. The number of hydrogen-bond acceptors (Lipinski definition) is 4. The summed E-state index contributed by atoms with van der Waals surface area (Å²) in [5.41, 5.74) is 0. The highest BCUT2D eigenvalue weighted by Gasteiger charge is 2.13. The molecule has 0 unspecified atom stereocenters. The molecule has 19 heavy (non-hydrogen) atoms. The Hall–Kier alpha value is -2.36. The minimum Gasteiger partial charge on any atom is -0.466 e. The molecule has 0 heterocycles. The highest BCUT2D eigenvalue weighted by molar-refractivity contribution is 5.95. The fourth-order valence-electron chi connectivity index (χ4n) is 1.77. The molecule has 4 nitrogen and oxygen atoms in total. The number of esters is 2. The van der Waals surface area contributed by atoms with Gasteiger partial charge in [0.1, 0.15) is 12.2 Å². The van der Waals surface area contributed by atoms with Crippen molar-refractivity contribution in [3.8, 4) is 5.75 Å². The van der Waals surface area contributed by atoms with Gasteiger partial charge in [-0.25, -0.2) is 0 Å². The molecule has 0 radical (unpaired) electrons. The van der Waals surface area contributed by atoms with Crippen molar-refractivity contribution in [2.75, 3.05) is 6.61 Å². The number of benzene rings is 2. The maximum absolute atomic E-state index is 11.6. The lowest BCUT2D eigenvalue weighted by Crippen LogP contribution is -2.16. The molecule has 0 bridgehead atoms. The van der Waals surface area contributed by atoms with E-state index >= 15 is 0 Å². The van der Waals surface area contributed by atoms with Gasteiger partial charge in [-0.05, 0) is 18.4 Å². The van der Waals surface area contributed by atoms with E-state index in [1.807, 2.05) is 30.3 Å². The van der Waals surface area contributed by atoms with E-state index in [0.717, 1.165) is 10.8 Å². The van der Waals surface area contributed by atoms with Gasteiger partial charge in [-0.2, -0.15) is 0 Å². The zero-order valence-electron chi connectivity index (χ0n) is 10.6. The summed E-state index contributed by atoms with van der Waals surface area (Å²) in [7, 11) is 0. The zero-order valence-corrected chi connectivity index (χ0v) is 10.6. The second-order valence-corrected chi connectivity index (χ2v) is 3.93. The SMILES string of the molecule is CCOC(=O)CC(=O)Oc1cccc2ccccc12. The van der Waals surface area contributed by atoms with Crippen molar-refractivity contribution < 1.29 is 19.1 Å². The molecule has 2 rings (SSSR count). The first-order valence-electron chi connectivity index (χ1n) is 6.04. The highest BCUT2D eigenvalue weighted by Crippen LogP contribution is 2.25. The molecule has 2 aromatic rings. The van der Waals surface area contributed by atoms with Gasteiger partial charge < -0.3 is 9.47 Å². The number of rotatable bonds is 4. The molecule has 0 amide bonds. The van der Waals surface area contributed by atoms with Crippen LogP contribution in [0.3, 0.4) is 0 Å². The van der Waals surface area contributed by atoms with Crippen molar-refractivity contribution in [1.29, 1.82) is 0 Å². The van der Waals surface area contributed by atoms with E-state index < -0.39 is 11.9 Å². The minimum atomic E-state index is -0.616. The fourth-order valence-corrected chi connectivity index (χ4v) is 1.77. The Morgan fingerprint density at radius 1 is 1.00 bits per heavy atom. The fraction of sp³-hybridized carbons (Fsp3) is 0.200. The van der Waals surface area contributed by atoms with E-state index in [1.165, 1.54) is 0 Å². The smallest absolute Gasteiger partial charge is 0.322 e. The zero-order chi connectivity index (χ0) is 13.7. The van der Waals surface area contributed by atoms with Crippen LogP contribution in [0.25, 0.3) is 10.8 Å². The molecule has 98 valence electrons. The standard InChI is InChI=1S/C15H14O4/c1-2-18-14(16)10-15(17)19-13-9-5-7-11-6-3-4-8-12(11)13/h3-9H,2,10H2,1H3. The molecule has 0 aliphatic rings. The molecule has 0 spiro atoms. The van der Waals surface area contributed by atoms with Crippen LogP contribution in [0.1, 0.15) is 13.3 Å². The predicted molar refractivity (Wildman–Crippen MR) is 70.8 cm³/mol. The monoisotopic (exact) mass is 258 g/mol. The molecule has 2 aromatic carbocycles. The van der Waals surface area contributed by atoms with E-state index in [-0.39, 0.29) is 13.0 Å². The first-order chi connectivity index (χ1) is 9.20. The van der Waals surface area contributed by atoms with E-state index in [9.17, 15) is 9.59 Å². The summed E-state index contributed by atoms with van der Waals surface area (Å²) < 4.78 is 9.90. The molecule has 0 aliphatic heterocycles. The van der Waals surface area contributed by atoms with Crippen LogP contribution in [0.5, 0.6) is 5.75 Å². The third-order valence-corrected chi connectivity index (χ3v) is 2.57. The lowest BCUT2D eigenvalue weighted by Gasteiger charge is -2.07. The van der Waals surface area contributed by atoms with E-state index in [1.54, 1.807) is 19.1 Å². The Kier molecular flexibility index (Phi) is 4.13. The molecule has 0 fully saturated rings. The third kappa shape index (κ3) is 3.31. The molecule has 4 heteroatoms. The van der Waals surface area contributed by atoms with Gasteiger partial charge in [-0.15, -0.1) is 0 Å². The van der Waals surface area contributed by atoms with Gasteiger partial charge in [0.2, 0.25) is 0 Å². The van der Waals surface area contributed by atoms with E-state index in [4.69, 9.17) is 9.47 Å². The summed E-state index contributed by atoms with van der Waals surface area (Å²) in [4.78, 5) is 22.8. The highest BCUT2D eigenvalue weighted by atomic mass is 16.6. The van der Waals surface area contributed by atoms with Gasteiger partial charge in [0.15, 0.2) is 0 Å². The van der Waals surface area contributed by atoms with Crippen LogP contribution in [0, 0.1) is 0 Å². The summed E-state index contributed by atoms with van der Waals surface area (Å²) in [5.74, 6) is -0.741. The Morgan fingerprint density at radius 2 is 1.74 bits per heavy atom. The normalized spacial score (nSPS) is 10.2. The number of fused-ring (bicyclic) bond motifs is 1. The van der Waals surface area contributed by atoms with E-state index in [2.05, 4.69) is 0 Å². The lowest BCUT2D eigenvalue weighted by molar-refractivity contribution is -0.149. The van der Waals surface area contributed by atoms with Crippen LogP contribution in [0.2, 0.25) is 0 Å².